The minimum atomic E-state index is -0.132. The molecule has 0 atom stereocenters. The predicted molar refractivity (Wildman–Crippen MR) is 100 cm³/mol. The van der Waals surface area contributed by atoms with E-state index in [1.165, 1.54) is 29.4 Å². The highest BCUT2D eigenvalue weighted by molar-refractivity contribution is 7.80. The Bertz CT molecular complexity index is 743. The van der Waals surface area contributed by atoms with Crippen LogP contribution in [-0.2, 0) is 4.79 Å². The number of benzene rings is 1. The lowest BCUT2D eigenvalue weighted by atomic mass is 10.3. The van der Waals surface area contributed by atoms with Crippen molar-refractivity contribution in [1.82, 2.24) is 15.7 Å². The molecule has 2 aromatic rings. The van der Waals surface area contributed by atoms with Crippen molar-refractivity contribution in [3.05, 3.63) is 35.3 Å². The molecule has 0 spiro atoms. The number of nitrogens with one attached hydrogen (secondary N) is 2. The third-order valence-corrected chi connectivity index (χ3v) is 4.08. The Labute approximate surface area is 149 Å². The predicted octanol–water partition coefficient (Wildman–Crippen LogP) is 2.26. The fraction of sp³-hybridized carbons (Fsp3) is 0.200. The largest absolute Gasteiger partial charge is 0.497 e. The van der Waals surface area contributed by atoms with Gasteiger partial charge in [0.25, 0.3) is 0 Å². The highest BCUT2D eigenvalue weighted by Crippen LogP contribution is 2.29. The van der Waals surface area contributed by atoms with E-state index in [1.54, 1.807) is 26.3 Å². The van der Waals surface area contributed by atoms with Crippen LogP contribution in [0.5, 0.6) is 5.75 Å². The molecule has 0 radical (unpaired) electrons. The van der Waals surface area contributed by atoms with Gasteiger partial charge in [0.15, 0.2) is 10.2 Å². The summed E-state index contributed by atoms with van der Waals surface area (Å²) < 4.78 is 5.14. The highest BCUT2D eigenvalue weighted by atomic mass is 32.1. The molecule has 0 aliphatic heterocycles. The quantitative estimate of drug-likeness (QED) is 0.482. The standard InChI is InChI=1S/C15H17N5O2S2/c1-10(21)20(12-4-6-13(22-3)7-5-12)15-18-11(9-24-15)8-17-19-14(23)16-2/h4-9H,1-3H3,(H2,16,19,23)/b17-8-. The van der Waals surface area contributed by atoms with Crippen LogP contribution in [0.25, 0.3) is 0 Å². The van der Waals surface area contributed by atoms with Gasteiger partial charge in [-0.15, -0.1) is 11.3 Å². The first-order valence-corrected chi connectivity index (χ1v) is 8.25. The summed E-state index contributed by atoms with van der Waals surface area (Å²) in [6, 6.07) is 7.21. The van der Waals surface area contributed by atoms with Gasteiger partial charge in [-0.3, -0.25) is 15.1 Å². The highest BCUT2D eigenvalue weighted by Gasteiger charge is 2.17. The van der Waals surface area contributed by atoms with Crippen molar-refractivity contribution < 1.29 is 9.53 Å². The lowest BCUT2D eigenvalue weighted by Crippen LogP contribution is -2.28. The second-order valence-corrected chi connectivity index (χ2v) is 5.80. The van der Waals surface area contributed by atoms with Gasteiger partial charge in [-0.05, 0) is 36.5 Å². The molecule has 24 heavy (non-hydrogen) atoms. The van der Waals surface area contributed by atoms with E-state index in [2.05, 4.69) is 20.8 Å². The van der Waals surface area contributed by atoms with E-state index >= 15 is 0 Å². The Morgan fingerprint density at radius 2 is 2.12 bits per heavy atom. The third-order valence-electron chi connectivity index (χ3n) is 2.94. The normalized spacial score (nSPS) is 10.5. The molecule has 0 saturated heterocycles. The van der Waals surface area contributed by atoms with Crippen LogP contribution >= 0.6 is 23.6 Å². The zero-order valence-corrected chi connectivity index (χ0v) is 15.1. The number of thiocarbonyl (C=S) groups is 1. The Hall–Kier alpha value is -2.52. The number of amides is 1. The van der Waals surface area contributed by atoms with Crippen molar-refractivity contribution in [3.8, 4) is 5.75 Å². The molecule has 126 valence electrons. The summed E-state index contributed by atoms with van der Waals surface area (Å²) in [6.45, 7) is 1.49. The number of methoxy groups -OCH3 is 1. The van der Waals surface area contributed by atoms with E-state index in [4.69, 9.17) is 17.0 Å². The lowest BCUT2D eigenvalue weighted by molar-refractivity contribution is -0.115. The van der Waals surface area contributed by atoms with Crippen LogP contribution in [0, 0.1) is 0 Å². The Morgan fingerprint density at radius 1 is 1.42 bits per heavy atom. The van der Waals surface area contributed by atoms with Gasteiger partial charge in [-0.1, -0.05) is 0 Å². The summed E-state index contributed by atoms with van der Waals surface area (Å²) in [6.07, 6.45) is 1.54. The van der Waals surface area contributed by atoms with Crippen LogP contribution in [0.4, 0.5) is 10.8 Å². The van der Waals surface area contributed by atoms with Crippen molar-refractivity contribution in [1.29, 1.82) is 0 Å². The number of thiazole rings is 1. The first-order chi connectivity index (χ1) is 11.5. The number of hydrogen-bond acceptors (Lipinski definition) is 6. The van der Waals surface area contributed by atoms with Gasteiger partial charge < -0.3 is 10.1 Å². The zero-order valence-electron chi connectivity index (χ0n) is 13.4. The Kier molecular flexibility index (Phi) is 6.21. The maximum absolute atomic E-state index is 12.0. The fourth-order valence-corrected chi connectivity index (χ4v) is 2.70. The minimum Gasteiger partial charge on any atom is -0.497 e. The molecule has 0 bridgehead atoms. The average molecular weight is 363 g/mol. The molecule has 1 aromatic heterocycles. The summed E-state index contributed by atoms with van der Waals surface area (Å²) in [5, 5.41) is 9.49. The van der Waals surface area contributed by atoms with E-state index in [0.29, 0.717) is 15.9 Å². The second kappa shape index (κ2) is 8.37. The zero-order chi connectivity index (χ0) is 17.5. The van der Waals surface area contributed by atoms with E-state index in [1.807, 2.05) is 17.5 Å². The monoisotopic (exact) mass is 363 g/mol. The molecule has 7 nitrogen and oxygen atoms in total. The Morgan fingerprint density at radius 3 is 2.71 bits per heavy atom. The number of rotatable bonds is 5. The molecule has 9 heteroatoms. The van der Waals surface area contributed by atoms with Gasteiger partial charge in [-0.2, -0.15) is 5.10 Å². The maximum atomic E-state index is 12.0. The van der Waals surface area contributed by atoms with Gasteiger partial charge in [0.2, 0.25) is 5.91 Å². The molecular formula is C15H17N5O2S2. The molecule has 0 saturated carbocycles. The third kappa shape index (κ3) is 4.49. The number of hydrazone groups is 1. The van der Waals surface area contributed by atoms with Crippen LogP contribution in [0.3, 0.4) is 0 Å². The number of ether oxygens (including phenoxy) is 1. The average Bonchev–Trinajstić information content (AvgIpc) is 3.03. The maximum Gasteiger partial charge on any atom is 0.230 e. The molecule has 1 aromatic carbocycles. The molecule has 1 heterocycles. The molecular weight excluding hydrogens is 346 g/mol. The number of hydrogen-bond donors (Lipinski definition) is 2. The molecule has 0 aliphatic carbocycles. The molecule has 0 fully saturated rings. The van der Waals surface area contributed by atoms with Gasteiger partial charge in [0.1, 0.15) is 5.75 Å². The lowest BCUT2D eigenvalue weighted by Gasteiger charge is -2.18. The van der Waals surface area contributed by atoms with Crippen LogP contribution in [0.1, 0.15) is 12.6 Å². The first-order valence-electron chi connectivity index (χ1n) is 6.96. The van der Waals surface area contributed by atoms with Gasteiger partial charge in [-0.25, -0.2) is 4.98 Å². The smallest absolute Gasteiger partial charge is 0.230 e. The summed E-state index contributed by atoms with van der Waals surface area (Å²) in [7, 11) is 3.29. The summed E-state index contributed by atoms with van der Waals surface area (Å²) >= 11 is 6.27. The van der Waals surface area contributed by atoms with Crippen molar-refractivity contribution in [2.45, 2.75) is 6.92 Å². The van der Waals surface area contributed by atoms with E-state index in [-0.39, 0.29) is 5.91 Å². The molecule has 0 aliphatic rings. The molecule has 1 amide bonds. The summed E-state index contributed by atoms with van der Waals surface area (Å²) in [5.41, 5.74) is 3.99. The van der Waals surface area contributed by atoms with Gasteiger partial charge in [0, 0.05) is 19.4 Å². The summed E-state index contributed by atoms with van der Waals surface area (Å²) in [5.74, 6) is 0.591. The first kappa shape index (κ1) is 17.8. The Balaban J connectivity index is 2.19. The number of carbonyl (C=O) groups excluding carboxylic acids is 1. The van der Waals surface area contributed by atoms with Gasteiger partial charge >= 0.3 is 0 Å². The van der Waals surface area contributed by atoms with E-state index in [9.17, 15) is 4.79 Å². The van der Waals surface area contributed by atoms with Crippen molar-refractivity contribution >= 4 is 51.6 Å². The van der Waals surface area contributed by atoms with Crippen molar-refractivity contribution in [3.63, 3.8) is 0 Å². The minimum absolute atomic E-state index is 0.132. The van der Waals surface area contributed by atoms with Crippen LogP contribution in [0.15, 0.2) is 34.7 Å². The molecule has 2 rings (SSSR count). The molecule has 0 unspecified atom stereocenters. The second-order valence-electron chi connectivity index (χ2n) is 4.56. The summed E-state index contributed by atoms with van der Waals surface area (Å²) in [4.78, 5) is 18.0. The van der Waals surface area contributed by atoms with Crippen LogP contribution in [-0.4, -0.2) is 36.4 Å². The SMILES string of the molecule is CNC(=S)N/N=C\c1csc(N(C(C)=O)c2ccc(OC)cc2)n1. The topological polar surface area (TPSA) is 78.9 Å². The van der Waals surface area contributed by atoms with E-state index < -0.39 is 0 Å². The number of nitrogens with zero attached hydrogens (tertiary/aromatic N) is 3. The fourth-order valence-electron chi connectivity index (χ4n) is 1.81. The van der Waals surface area contributed by atoms with Crippen molar-refractivity contribution in [2.75, 3.05) is 19.1 Å². The number of anilines is 2. The molecule has 2 N–H and O–H groups in total. The number of carbonyl (C=O) groups is 1. The van der Waals surface area contributed by atoms with Crippen LogP contribution in [0.2, 0.25) is 0 Å². The number of aromatic nitrogens is 1. The van der Waals surface area contributed by atoms with E-state index in [0.717, 1.165) is 11.4 Å². The van der Waals surface area contributed by atoms with Crippen molar-refractivity contribution in [2.24, 2.45) is 5.10 Å². The van der Waals surface area contributed by atoms with Crippen LogP contribution < -0.4 is 20.4 Å². The van der Waals surface area contributed by atoms with Gasteiger partial charge in [0.05, 0.1) is 24.7 Å².